The minimum absolute atomic E-state index is 0.443. The smallest absolute Gasteiger partial charge is 0.119 e. The fourth-order valence-electron chi connectivity index (χ4n) is 2.33. The van der Waals surface area contributed by atoms with Gasteiger partial charge in [-0.2, -0.15) is 0 Å². The van der Waals surface area contributed by atoms with Crippen molar-refractivity contribution >= 4 is 0 Å². The van der Waals surface area contributed by atoms with Crippen LogP contribution in [0.1, 0.15) is 43.7 Å². The van der Waals surface area contributed by atoms with Crippen LogP contribution in [0.3, 0.4) is 0 Å². The van der Waals surface area contributed by atoms with E-state index in [2.05, 4.69) is 39.0 Å². The Morgan fingerprint density at radius 1 is 1.00 bits per heavy atom. The summed E-state index contributed by atoms with van der Waals surface area (Å²) in [7, 11) is 0. The molecule has 1 aromatic carbocycles. The molecular weight excluding hydrogens is 196 g/mol. The summed E-state index contributed by atoms with van der Waals surface area (Å²) in [5.74, 6) is 1.93. The van der Waals surface area contributed by atoms with E-state index >= 15 is 0 Å². The van der Waals surface area contributed by atoms with Crippen LogP contribution in [0.25, 0.3) is 0 Å². The average Bonchev–Trinajstić information content (AvgIpc) is 2.27. The molecule has 1 aliphatic carbocycles. The normalized spacial score (nSPS) is 25.4. The summed E-state index contributed by atoms with van der Waals surface area (Å²) in [6.45, 7) is 6.62. The Hall–Kier alpha value is -0.980. The zero-order chi connectivity index (χ0) is 11.5. The summed E-state index contributed by atoms with van der Waals surface area (Å²) in [5, 5.41) is 0. The summed E-state index contributed by atoms with van der Waals surface area (Å²) >= 11 is 0. The quantitative estimate of drug-likeness (QED) is 0.720. The molecule has 0 saturated heterocycles. The first-order valence-electron chi connectivity index (χ1n) is 6.39. The molecule has 1 heteroatoms. The lowest BCUT2D eigenvalue weighted by atomic mass is 9.89. The van der Waals surface area contributed by atoms with Crippen molar-refractivity contribution in [1.29, 1.82) is 0 Å². The average molecular weight is 218 g/mol. The molecule has 1 aliphatic rings. The van der Waals surface area contributed by atoms with Crippen LogP contribution in [0.2, 0.25) is 0 Å². The second-order valence-electron chi connectivity index (χ2n) is 5.25. The van der Waals surface area contributed by atoms with Gasteiger partial charge in [0.05, 0.1) is 6.10 Å². The molecule has 2 rings (SSSR count). The predicted molar refractivity (Wildman–Crippen MR) is 68.0 cm³/mol. The van der Waals surface area contributed by atoms with E-state index in [0.29, 0.717) is 6.10 Å². The van der Waals surface area contributed by atoms with Gasteiger partial charge < -0.3 is 4.74 Å². The first-order chi connectivity index (χ1) is 7.65. The second-order valence-corrected chi connectivity index (χ2v) is 5.25. The number of benzene rings is 1. The van der Waals surface area contributed by atoms with Crippen molar-refractivity contribution in [1.82, 2.24) is 0 Å². The van der Waals surface area contributed by atoms with Gasteiger partial charge >= 0.3 is 0 Å². The Morgan fingerprint density at radius 3 is 2.31 bits per heavy atom. The zero-order valence-electron chi connectivity index (χ0n) is 10.6. The topological polar surface area (TPSA) is 9.23 Å². The first kappa shape index (κ1) is 11.5. The Bertz CT molecular complexity index is 348. The van der Waals surface area contributed by atoms with Crippen LogP contribution < -0.4 is 4.74 Å². The highest BCUT2D eigenvalue weighted by Crippen LogP contribution is 2.27. The minimum atomic E-state index is 0.443. The maximum absolute atomic E-state index is 6.04. The van der Waals surface area contributed by atoms with Crippen molar-refractivity contribution < 1.29 is 4.74 Å². The van der Waals surface area contributed by atoms with Crippen molar-refractivity contribution in [2.45, 2.75) is 52.6 Å². The van der Waals surface area contributed by atoms with E-state index in [-0.39, 0.29) is 0 Å². The van der Waals surface area contributed by atoms with E-state index in [4.69, 9.17) is 4.74 Å². The fourth-order valence-corrected chi connectivity index (χ4v) is 2.33. The SMILES string of the molecule is Cc1ccc(OC2CCC(C)CC2)cc1C. The van der Waals surface area contributed by atoms with Gasteiger partial charge in [0, 0.05) is 0 Å². The number of hydrogen-bond acceptors (Lipinski definition) is 1. The molecule has 1 saturated carbocycles. The Kier molecular flexibility index (Phi) is 3.52. The van der Waals surface area contributed by atoms with E-state index in [1.54, 1.807) is 0 Å². The van der Waals surface area contributed by atoms with Crippen molar-refractivity contribution in [2.75, 3.05) is 0 Å². The highest BCUT2D eigenvalue weighted by molar-refractivity contribution is 5.33. The fraction of sp³-hybridized carbons (Fsp3) is 0.600. The molecule has 16 heavy (non-hydrogen) atoms. The summed E-state index contributed by atoms with van der Waals surface area (Å²) in [5.41, 5.74) is 2.66. The lowest BCUT2D eigenvalue weighted by Crippen LogP contribution is -2.23. The Balaban J connectivity index is 1.96. The summed E-state index contributed by atoms with van der Waals surface area (Å²) in [4.78, 5) is 0. The van der Waals surface area contributed by atoms with Crippen molar-refractivity contribution in [2.24, 2.45) is 5.92 Å². The van der Waals surface area contributed by atoms with Gasteiger partial charge in [-0.3, -0.25) is 0 Å². The highest BCUT2D eigenvalue weighted by atomic mass is 16.5. The van der Waals surface area contributed by atoms with Gasteiger partial charge in [-0.1, -0.05) is 13.0 Å². The summed E-state index contributed by atoms with van der Waals surface area (Å²) in [6.07, 6.45) is 5.51. The highest BCUT2D eigenvalue weighted by Gasteiger charge is 2.19. The third kappa shape index (κ3) is 2.78. The molecule has 88 valence electrons. The lowest BCUT2D eigenvalue weighted by Gasteiger charge is -2.27. The predicted octanol–water partition coefficient (Wildman–Crippen LogP) is 4.26. The van der Waals surface area contributed by atoms with Crippen LogP contribution in [0.4, 0.5) is 0 Å². The third-order valence-corrected chi connectivity index (χ3v) is 3.74. The summed E-state index contributed by atoms with van der Waals surface area (Å²) < 4.78 is 6.04. The molecule has 0 heterocycles. The lowest BCUT2D eigenvalue weighted by molar-refractivity contribution is 0.135. The maximum Gasteiger partial charge on any atom is 0.119 e. The Morgan fingerprint density at radius 2 is 1.69 bits per heavy atom. The van der Waals surface area contributed by atoms with Gasteiger partial charge in [0.2, 0.25) is 0 Å². The van der Waals surface area contributed by atoms with Crippen molar-refractivity contribution in [3.05, 3.63) is 29.3 Å². The number of aryl methyl sites for hydroxylation is 2. The molecule has 0 aromatic heterocycles. The Labute approximate surface area is 98.8 Å². The standard InChI is InChI=1S/C15H22O/c1-11-4-7-14(8-5-11)16-15-9-6-12(2)13(3)10-15/h6,9-11,14H,4-5,7-8H2,1-3H3. The van der Waals surface area contributed by atoms with E-state index in [1.807, 2.05) is 0 Å². The van der Waals surface area contributed by atoms with E-state index in [9.17, 15) is 0 Å². The molecule has 1 aromatic rings. The zero-order valence-corrected chi connectivity index (χ0v) is 10.6. The minimum Gasteiger partial charge on any atom is -0.490 e. The molecule has 0 radical (unpaired) electrons. The van der Waals surface area contributed by atoms with Gasteiger partial charge in [-0.15, -0.1) is 0 Å². The van der Waals surface area contributed by atoms with Crippen LogP contribution in [-0.4, -0.2) is 6.10 Å². The molecule has 1 fully saturated rings. The van der Waals surface area contributed by atoms with Gasteiger partial charge in [0.15, 0.2) is 0 Å². The molecule has 0 unspecified atom stereocenters. The van der Waals surface area contributed by atoms with Crippen LogP contribution in [0.15, 0.2) is 18.2 Å². The molecule has 0 spiro atoms. The molecule has 0 atom stereocenters. The van der Waals surface area contributed by atoms with E-state index in [0.717, 1.165) is 11.7 Å². The van der Waals surface area contributed by atoms with Crippen molar-refractivity contribution in [3.8, 4) is 5.75 Å². The molecule has 0 N–H and O–H groups in total. The maximum atomic E-state index is 6.04. The number of hydrogen-bond donors (Lipinski definition) is 0. The largest absolute Gasteiger partial charge is 0.490 e. The van der Waals surface area contributed by atoms with Crippen LogP contribution in [0, 0.1) is 19.8 Å². The van der Waals surface area contributed by atoms with Gasteiger partial charge in [0.1, 0.15) is 5.75 Å². The second kappa shape index (κ2) is 4.90. The van der Waals surface area contributed by atoms with Crippen LogP contribution in [0.5, 0.6) is 5.75 Å². The molecule has 0 bridgehead atoms. The summed E-state index contributed by atoms with van der Waals surface area (Å²) in [6, 6.07) is 6.41. The molecule has 0 amide bonds. The van der Waals surface area contributed by atoms with Gasteiger partial charge in [-0.25, -0.2) is 0 Å². The van der Waals surface area contributed by atoms with Gasteiger partial charge in [0.25, 0.3) is 0 Å². The van der Waals surface area contributed by atoms with Crippen LogP contribution in [-0.2, 0) is 0 Å². The third-order valence-electron chi connectivity index (χ3n) is 3.74. The molecular formula is C15H22O. The molecule has 1 nitrogen and oxygen atoms in total. The monoisotopic (exact) mass is 218 g/mol. The molecule has 0 aliphatic heterocycles. The van der Waals surface area contributed by atoms with E-state index < -0.39 is 0 Å². The van der Waals surface area contributed by atoms with Crippen LogP contribution >= 0.6 is 0 Å². The van der Waals surface area contributed by atoms with E-state index in [1.165, 1.54) is 36.8 Å². The first-order valence-corrected chi connectivity index (χ1v) is 6.39. The van der Waals surface area contributed by atoms with Gasteiger partial charge in [-0.05, 0) is 68.7 Å². The number of rotatable bonds is 2. The number of ether oxygens (including phenoxy) is 1. The van der Waals surface area contributed by atoms with Crippen molar-refractivity contribution in [3.63, 3.8) is 0 Å².